The molecule has 0 unspecified atom stereocenters. The Bertz CT molecular complexity index is 421. The summed E-state index contributed by atoms with van der Waals surface area (Å²) < 4.78 is 3.63. The number of carbonyl (C=O) groups excluding carboxylic acids is 2. The number of nitrogens with zero attached hydrogens (tertiary/aromatic N) is 4. The summed E-state index contributed by atoms with van der Waals surface area (Å²) in [7, 11) is 0. The normalized spacial score (nSPS) is 10.5. The molecule has 0 saturated heterocycles. The zero-order chi connectivity index (χ0) is 15.8. The highest BCUT2D eigenvalue weighted by Gasteiger charge is 2.17. The average Bonchev–Trinajstić information content (AvgIpc) is 2.88. The van der Waals surface area contributed by atoms with Gasteiger partial charge in [-0.25, -0.2) is 9.13 Å². The maximum atomic E-state index is 12.0. The molecule has 118 valence electrons. The number of likely N-dealkylation sites (N-methyl/N-ethyl adjacent to an activating group) is 2. The summed E-state index contributed by atoms with van der Waals surface area (Å²) in [6.07, 6.45) is 5.47. The lowest BCUT2D eigenvalue weighted by molar-refractivity contribution is -0.684. The van der Waals surface area contributed by atoms with E-state index >= 15 is 0 Å². The van der Waals surface area contributed by atoms with Gasteiger partial charge in [0.15, 0.2) is 13.1 Å². The lowest BCUT2D eigenvalue weighted by Gasteiger charge is -2.17. The second-order valence-electron chi connectivity index (χ2n) is 4.89. The van der Waals surface area contributed by atoms with Crippen LogP contribution in [0, 0.1) is 0 Å². The first kappa shape index (κ1) is 17.2. The number of hydrogen-bond acceptors (Lipinski definition) is 2. The van der Waals surface area contributed by atoms with E-state index in [1.54, 1.807) is 9.80 Å². The van der Waals surface area contributed by atoms with Gasteiger partial charge in [-0.3, -0.25) is 9.59 Å². The SMILES string of the molecule is CCN(CC)C(=O)Cn1cc[n+](CC(=O)N(CC)CC)c1. The summed E-state index contributed by atoms with van der Waals surface area (Å²) in [4.78, 5) is 27.6. The quantitative estimate of drug-likeness (QED) is 0.656. The molecule has 1 aromatic heterocycles. The van der Waals surface area contributed by atoms with Crippen molar-refractivity contribution in [1.29, 1.82) is 0 Å². The molecule has 0 fully saturated rings. The van der Waals surface area contributed by atoms with Gasteiger partial charge in [0.25, 0.3) is 11.8 Å². The zero-order valence-corrected chi connectivity index (χ0v) is 13.6. The standard InChI is InChI=1S/C15H27N4O2/c1-5-18(6-2)14(20)11-16-9-10-17(13-16)12-15(21)19(7-3)8-4/h9-10,13H,5-8,11-12H2,1-4H3/q+1. The molecule has 0 aliphatic carbocycles. The molecule has 0 N–H and O–H groups in total. The number of rotatable bonds is 8. The minimum absolute atomic E-state index is 0.0952. The summed E-state index contributed by atoms with van der Waals surface area (Å²) >= 11 is 0. The van der Waals surface area contributed by atoms with E-state index < -0.39 is 0 Å². The Labute approximate surface area is 127 Å². The third-order valence-corrected chi connectivity index (χ3v) is 3.61. The number of imidazole rings is 1. The molecule has 0 saturated carbocycles. The minimum Gasteiger partial charge on any atom is -0.340 e. The second-order valence-corrected chi connectivity index (χ2v) is 4.89. The molecule has 0 aliphatic rings. The zero-order valence-electron chi connectivity index (χ0n) is 13.6. The molecule has 21 heavy (non-hydrogen) atoms. The Morgan fingerprint density at radius 2 is 1.48 bits per heavy atom. The molecule has 1 heterocycles. The second kappa shape index (κ2) is 8.44. The van der Waals surface area contributed by atoms with Gasteiger partial charge in [0.05, 0.1) is 0 Å². The Balaban J connectivity index is 2.61. The smallest absolute Gasteiger partial charge is 0.264 e. The van der Waals surface area contributed by atoms with Crippen LogP contribution in [0.2, 0.25) is 0 Å². The summed E-state index contributed by atoms with van der Waals surface area (Å²) in [6, 6.07) is 0. The van der Waals surface area contributed by atoms with Gasteiger partial charge in [0, 0.05) is 26.2 Å². The molecule has 6 heteroatoms. The van der Waals surface area contributed by atoms with Crippen molar-refractivity contribution in [2.45, 2.75) is 40.8 Å². The number of aromatic nitrogens is 2. The summed E-state index contributed by atoms with van der Waals surface area (Å²) in [5.74, 6) is 0.190. The fraction of sp³-hybridized carbons (Fsp3) is 0.667. The Morgan fingerprint density at radius 1 is 0.952 bits per heavy atom. The predicted molar refractivity (Wildman–Crippen MR) is 80.5 cm³/mol. The van der Waals surface area contributed by atoms with Gasteiger partial charge in [-0.2, -0.15) is 0 Å². The van der Waals surface area contributed by atoms with Gasteiger partial charge in [-0.05, 0) is 27.7 Å². The first-order valence-corrected chi connectivity index (χ1v) is 7.65. The molecule has 0 atom stereocenters. The van der Waals surface area contributed by atoms with Crippen molar-refractivity contribution in [3.8, 4) is 0 Å². The van der Waals surface area contributed by atoms with Gasteiger partial charge >= 0.3 is 0 Å². The van der Waals surface area contributed by atoms with Gasteiger partial charge in [-0.15, -0.1) is 0 Å². The molecule has 1 aromatic rings. The van der Waals surface area contributed by atoms with Crippen molar-refractivity contribution >= 4 is 11.8 Å². The molecule has 0 bridgehead atoms. The molecule has 0 spiro atoms. The van der Waals surface area contributed by atoms with Crippen molar-refractivity contribution in [2.75, 3.05) is 26.2 Å². The predicted octanol–water partition coefficient (Wildman–Crippen LogP) is 0.512. The molecule has 0 radical (unpaired) electrons. The molecule has 0 aromatic carbocycles. The maximum Gasteiger partial charge on any atom is 0.264 e. The number of hydrogen-bond donors (Lipinski definition) is 0. The summed E-state index contributed by atoms with van der Waals surface area (Å²) in [5.41, 5.74) is 0. The first-order valence-electron chi connectivity index (χ1n) is 7.65. The van der Waals surface area contributed by atoms with Crippen LogP contribution in [0.25, 0.3) is 0 Å². The third-order valence-electron chi connectivity index (χ3n) is 3.61. The number of amides is 2. The van der Waals surface area contributed by atoms with E-state index in [2.05, 4.69) is 0 Å². The van der Waals surface area contributed by atoms with Crippen LogP contribution in [-0.2, 0) is 22.7 Å². The van der Waals surface area contributed by atoms with Crippen molar-refractivity contribution in [3.63, 3.8) is 0 Å². The van der Waals surface area contributed by atoms with Crippen molar-refractivity contribution in [1.82, 2.24) is 14.4 Å². The van der Waals surface area contributed by atoms with Crippen LogP contribution >= 0.6 is 0 Å². The first-order chi connectivity index (χ1) is 10.0. The Morgan fingerprint density at radius 3 is 2.00 bits per heavy atom. The fourth-order valence-electron chi connectivity index (χ4n) is 2.29. The van der Waals surface area contributed by atoms with Crippen LogP contribution < -0.4 is 4.57 Å². The molecular weight excluding hydrogens is 268 g/mol. The van der Waals surface area contributed by atoms with Crippen LogP contribution in [0.15, 0.2) is 18.7 Å². The van der Waals surface area contributed by atoms with Gasteiger partial charge in [-0.1, -0.05) is 0 Å². The molecule has 6 nitrogen and oxygen atoms in total. The maximum absolute atomic E-state index is 12.0. The lowest BCUT2D eigenvalue weighted by atomic mass is 10.4. The minimum atomic E-state index is 0.0952. The average molecular weight is 295 g/mol. The highest BCUT2D eigenvalue weighted by Crippen LogP contribution is 1.94. The highest BCUT2D eigenvalue weighted by atomic mass is 16.2. The van der Waals surface area contributed by atoms with E-state index in [1.165, 1.54) is 0 Å². The molecule has 1 rings (SSSR count). The van der Waals surface area contributed by atoms with Crippen LogP contribution in [0.3, 0.4) is 0 Å². The van der Waals surface area contributed by atoms with Crippen molar-refractivity contribution in [3.05, 3.63) is 18.7 Å². The lowest BCUT2D eigenvalue weighted by Crippen LogP contribution is -2.43. The topological polar surface area (TPSA) is 49.4 Å². The van der Waals surface area contributed by atoms with Crippen LogP contribution in [0.1, 0.15) is 27.7 Å². The van der Waals surface area contributed by atoms with E-state index in [0.717, 1.165) is 26.2 Å². The van der Waals surface area contributed by atoms with Crippen LogP contribution in [0.5, 0.6) is 0 Å². The van der Waals surface area contributed by atoms with E-state index in [4.69, 9.17) is 0 Å². The molecular formula is C15H27N4O2+. The van der Waals surface area contributed by atoms with Crippen molar-refractivity contribution < 1.29 is 14.2 Å². The van der Waals surface area contributed by atoms with Gasteiger partial charge < -0.3 is 9.80 Å². The van der Waals surface area contributed by atoms with Gasteiger partial charge in [0.2, 0.25) is 6.33 Å². The summed E-state index contributed by atoms with van der Waals surface area (Å²) in [6.45, 7) is 11.4. The van der Waals surface area contributed by atoms with E-state index in [0.29, 0.717) is 13.1 Å². The molecule has 0 aliphatic heterocycles. The molecule has 2 amide bonds. The summed E-state index contributed by atoms with van der Waals surface area (Å²) in [5, 5.41) is 0. The van der Waals surface area contributed by atoms with Gasteiger partial charge in [0.1, 0.15) is 12.4 Å². The van der Waals surface area contributed by atoms with Crippen LogP contribution in [-0.4, -0.2) is 52.4 Å². The van der Waals surface area contributed by atoms with Crippen LogP contribution in [0.4, 0.5) is 0 Å². The largest absolute Gasteiger partial charge is 0.340 e. The van der Waals surface area contributed by atoms with Crippen molar-refractivity contribution in [2.24, 2.45) is 0 Å². The number of carbonyl (C=O) groups is 2. The third kappa shape index (κ3) is 4.88. The van der Waals surface area contributed by atoms with E-state index in [1.807, 2.05) is 55.6 Å². The van der Waals surface area contributed by atoms with E-state index in [9.17, 15) is 9.59 Å². The Hall–Kier alpha value is -1.85. The van der Waals surface area contributed by atoms with E-state index in [-0.39, 0.29) is 11.8 Å². The fourth-order valence-corrected chi connectivity index (χ4v) is 2.29. The highest BCUT2D eigenvalue weighted by molar-refractivity contribution is 5.76. The Kier molecular flexibility index (Phi) is 6.91. The monoisotopic (exact) mass is 295 g/mol.